The number of ether oxygens (including phenoxy) is 1. The summed E-state index contributed by atoms with van der Waals surface area (Å²) < 4.78 is 21.1. The molecule has 2 fully saturated rings. The van der Waals surface area contributed by atoms with Crippen molar-refractivity contribution in [3.8, 4) is 6.07 Å². The zero-order valence-corrected chi connectivity index (χ0v) is 20.8. The number of rotatable bonds is 5. The van der Waals surface area contributed by atoms with Crippen molar-refractivity contribution in [3.05, 3.63) is 70.5 Å². The van der Waals surface area contributed by atoms with Crippen LogP contribution in [-0.2, 0) is 4.74 Å². The summed E-state index contributed by atoms with van der Waals surface area (Å²) in [7, 11) is 0. The van der Waals surface area contributed by atoms with E-state index in [4.69, 9.17) is 15.5 Å². The molecule has 0 amide bonds. The quantitative estimate of drug-likeness (QED) is 0.553. The van der Waals surface area contributed by atoms with E-state index in [9.17, 15) is 14.8 Å². The highest BCUT2D eigenvalue weighted by atomic mass is 19.1. The van der Waals surface area contributed by atoms with Gasteiger partial charge in [0.05, 0.1) is 23.1 Å². The molecule has 36 heavy (non-hydrogen) atoms. The first-order valence-corrected chi connectivity index (χ1v) is 13.1. The van der Waals surface area contributed by atoms with Gasteiger partial charge in [-0.15, -0.1) is 0 Å². The zero-order valence-electron chi connectivity index (χ0n) is 20.8. The number of aryl methyl sites for hydroxylation is 1. The minimum Gasteiger partial charge on any atom is -0.396 e. The van der Waals surface area contributed by atoms with Crippen LogP contribution < -0.4 is 5.73 Å². The highest BCUT2D eigenvalue weighted by Crippen LogP contribution is 2.44. The van der Waals surface area contributed by atoms with E-state index in [0.29, 0.717) is 12.0 Å². The number of aliphatic hydroxyl groups is 1. The molecular formula is C30H34FN3O2. The number of hydrogen-bond donors (Lipinski definition) is 2. The highest BCUT2D eigenvalue weighted by Gasteiger charge is 2.46. The van der Waals surface area contributed by atoms with Gasteiger partial charge in [-0.1, -0.05) is 35.9 Å². The van der Waals surface area contributed by atoms with Gasteiger partial charge in [0.2, 0.25) is 0 Å². The number of benzene rings is 2. The molecular weight excluding hydrogens is 453 g/mol. The number of epoxide rings is 1. The van der Waals surface area contributed by atoms with Gasteiger partial charge in [0, 0.05) is 24.1 Å². The molecule has 0 radical (unpaired) electrons. The van der Waals surface area contributed by atoms with Crippen molar-refractivity contribution in [2.75, 3.05) is 6.61 Å². The van der Waals surface area contributed by atoms with Crippen molar-refractivity contribution in [2.45, 2.75) is 70.1 Å². The second kappa shape index (κ2) is 10.6. The average Bonchev–Trinajstić information content (AvgIpc) is 3.64. The van der Waals surface area contributed by atoms with Gasteiger partial charge in [-0.05, 0) is 81.1 Å². The molecule has 6 heteroatoms. The third-order valence-electron chi connectivity index (χ3n) is 7.97. The smallest absolute Gasteiger partial charge is 0.141 e. The Morgan fingerprint density at radius 3 is 2.44 bits per heavy atom. The summed E-state index contributed by atoms with van der Waals surface area (Å²) in [5.41, 5.74) is 11.8. The van der Waals surface area contributed by atoms with E-state index in [0.717, 1.165) is 66.6 Å². The average molecular weight is 488 g/mol. The van der Waals surface area contributed by atoms with Crippen LogP contribution in [-0.4, -0.2) is 35.7 Å². The second-order valence-electron chi connectivity index (χ2n) is 10.5. The van der Waals surface area contributed by atoms with Gasteiger partial charge < -0.3 is 15.6 Å². The minimum atomic E-state index is -0.551. The van der Waals surface area contributed by atoms with Gasteiger partial charge in [-0.2, -0.15) is 5.26 Å². The molecule has 188 valence electrons. The normalized spacial score (nSPS) is 30.3. The molecule has 3 unspecified atom stereocenters. The van der Waals surface area contributed by atoms with Gasteiger partial charge in [-0.25, -0.2) is 4.39 Å². The summed E-state index contributed by atoms with van der Waals surface area (Å²) in [5.74, 6) is -0.226. The maximum Gasteiger partial charge on any atom is 0.141 e. The lowest BCUT2D eigenvalue weighted by molar-refractivity contribution is 0.265. The number of aliphatic imine (C=N–C) groups is 1. The maximum absolute atomic E-state index is 14.9. The Hall–Kier alpha value is -2.85. The number of hydrogen-bond acceptors (Lipinski definition) is 5. The molecule has 2 aliphatic heterocycles. The first-order valence-electron chi connectivity index (χ1n) is 13.1. The van der Waals surface area contributed by atoms with E-state index in [1.165, 1.54) is 12.1 Å². The Morgan fingerprint density at radius 1 is 1.06 bits per heavy atom. The number of nitrogens with zero attached hydrogens (tertiary/aromatic N) is 2. The Kier molecular flexibility index (Phi) is 7.34. The van der Waals surface area contributed by atoms with Gasteiger partial charge in [0.15, 0.2) is 0 Å². The predicted octanol–water partition coefficient (Wildman–Crippen LogP) is 5.39. The summed E-state index contributed by atoms with van der Waals surface area (Å²) in [6, 6.07) is 15.3. The van der Waals surface area contributed by atoms with Crippen molar-refractivity contribution in [1.82, 2.24) is 0 Å². The topological polar surface area (TPSA) is 94.9 Å². The van der Waals surface area contributed by atoms with Crippen LogP contribution in [0.25, 0.3) is 11.3 Å². The predicted molar refractivity (Wildman–Crippen MR) is 140 cm³/mol. The number of halogens is 1. The van der Waals surface area contributed by atoms with Crippen molar-refractivity contribution >= 4 is 17.0 Å². The van der Waals surface area contributed by atoms with Crippen LogP contribution in [0.3, 0.4) is 0 Å². The van der Waals surface area contributed by atoms with Crippen LogP contribution >= 0.6 is 0 Å². The standard InChI is InChI=1S/C30H34FN3O2/c1-18-2-4-19(5-3-18)27-20(14-15-35)10-13-26-30(36-26)29(21-8-11-24(33)12-9-21)34-28(27)22-6-7-23(17-32)25(31)16-22/h2-7,16,20-21,24,26,30,35H,8-15,33H2,1H3/b28-27-,34-29?. The first kappa shape index (κ1) is 24.8. The lowest BCUT2D eigenvalue weighted by Crippen LogP contribution is -2.32. The van der Waals surface area contributed by atoms with Gasteiger partial charge >= 0.3 is 0 Å². The minimum absolute atomic E-state index is 0.0160. The number of aliphatic hydroxyl groups excluding tert-OH is 1. The fourth-order valence-corrected chi connectivity index (χ4v) is 5.84. The van der Waals surface area contributed by atoms with E-state index in [2.05, 4.69) is 31.2 Å². The molecule has 1 aliphatic carbocycles. The third kappa shape index (κ3) is 5.15. The molecule has 3 N–H and O–H groups in total. The number of nitrogens with two attached hydrogens (primary N) is 1. The molecule has 2 aromatic rings. The van der Waals surface area contributed by atoms with Crippen LogP contribution in [0, 0.1) is 35.9 Å². The molecule has 2 heterocycles. The molecule has 0 bridgehead atoms. The van der Waals surface area contributed by atoms with Crippen LogP contribution in [0.4, 0.5) is 4.39 Å². The molecule has 3 atom stereocenters. The maximum atomic E-state index is 14.9. The number of nitriles is 1. The molecule has 5 nitrogen and oxygen atoms in total. The third-order valence-corrected chi connectivity index (χ3v) is 7.97. The summed E-state index contributed by atoms with van der Waals surface area (Å²) in [4.78, 5) is 5.35. The van der Waals surface area contributed by atoms with Gasteiger partial charge in [-0.3, -0.25) is 4.99 Å². The van der Waals surface area contributed by atoms with Gasteiger partial charge in [0.1, 0.15) is 18.0 Å². The molecule has 5 rings (SSSR count). The van der Waals surface area contributed by atoms with E-state index < -0.39 is 5.82 Å². The largest absolute Gasteiger partial charge is 0.396 e. The summed E-state index contributed by atoms with van der Waals surface area (Å²) in [6.07, 6.45) is 6.32. The molecule has 2 aromatic carbocycles. The van der Waals surface area contributed by atoms with Crippen molar-refractivity contribution < 1.29 is 14.2 Å². The summed E-state index contributed by atoms with van der Waals surface area (Å²) >= 11 is 0. The first-order chi connectivity index (χ1) is 17.5. The van der Waals surface area contributed by atoms with Crippen LogP contribution in [0.15, 0.2) is 47.5 Å². The molecule has 1 saturated heterocycles. The van der Waals surface area contributed by atoms with Crippen molar-refractivity contribution in [3.63, 3.8) is 0 Å². The Labute approximate surface area is 212 Å². The van der Waals surface area contributed by atoms with E-state index >= 15 is 0 Å². The Bertz CT molecular complexity index is 1210. The monoisotopic (exact) mass is 487 g/mol. The fourth-order valence-electron chi connectivity index (χ4n) is 5.84. The van der Waals surface area contributed by atoms with Crippen molar-refractivity contribution in [1.29, 1.82) is 5.26 Å². The Morgan fingerprint density at radius 2 is 1.78 bits per heavy atom. The second-order valence-corrected chi connectivity index (χ2v) is 10.5. The molecule has 3 aliphatic rings. The number of fused-ring (bicyclic) bond motifs is 1. The highest BCUT2D eigenvalue weighted by molar-refractivity contribution is 6.02. The van der Waals surface area contributed by atoms with Crippen LogP contribution in [0.5, 0.6) is 0 Å². The number of allylic oxidation sites excluding steroid dienone is 1. The molecule has 0 aromatic heterocycles. The van der Waals surface area contributed by atoms with Crippen molar-refractivity contribution in [2.24, 2.45) is 22.6 Å². The summed E-state index contributed by atoms with van der Waals surface area (Å²) in [5, 5.41) is 19.3. The van der Waals surface area contributed by atoms with Gasteiger partial charge in [0.25, 0.3) is 0 Å². The fraction of sp³-hybridized carbons (Fsp3) is 0.467. The Balaban J connectivity index is 1.74. The SMILES string of the molecule is Cc1ccc(/C2=C(\c3ccc(C#N)c(F)c3)N=C(C3CCC(N)CC3)C3OC3CCC2CCO)cc1. The lowest BCUT2D eigenvalue weighted by Gasteiger charge is -2.28. The van der Waals surface area contributed by atoms with E-state index in [1.54, 1.807) is 6.07 Å². The van der Waals surface area contributed by atoms with Crippen LogP contribution in [0.1, 0.15) is 67.2 Å². The van der Waals surface area contributed by atoms with E-state index in [-0.39, 0.29) is 42.3 Å². The molecule has 1 saturated carbocycles. The summed E-state index contributed by atoms with van der Waals surface area (Å²) in [6.45, 7) is 2.11. The van der Waals surface area contributed by atoms with Crippen LogP contribution in [0.2, 0.25) is 0 Å². The molecule has 0 spiro atoms. The lowest BCUT2D eigenvalue weighted by atomic mass is 9.81. The zero-order chi connectivity index (χ0) is 25.2. The van der Waals surface area contributed by atoms with E-state index in [1.807, 2.05) is 6.07 Å².